The molecule has 0 spiro atoms. The van der Waals surface area contributed by atoms with Crippen LogP contribution in [-0.4, -0.2) is 17.5 Å². The number of nitrogens with two attached hydrogens (primary N) is 1. The van der Waals surface area contributed by atoms with Crippen molar-refractivity contribution in [1.29, 1.82) is 0 Å². The van der Waals surface area contributed by atoms with Crippen molar-refractivity contribution < 1.29 is 8.78 Å². The Bertz CT molecular complexity index is 215. The van der Waals surface area contributed by atoms with Crippen LogP contribution in [0.5, 0.6) is 0 Å². The second-order valence-electron chi connectivity index (χ2n) is 2.24. The summed E-state index contributed by atoms with van der Waals surface area (Å²) in [6.45, 7) is 0. The summed E-state index contributed by atoms with van der Waals surface area (Å²) in [5, 5.41) is 2.41. The van der Waals surface area contributed by atoms with Gasteiger partial charge in [-0.05, 0) is 0 Å². The number of rotatable bonds is 4. The Balaban J connectivity index is 2.48. The molecule has 6 heteroatoms. The number of hydrogen-bond donors (Lipinski definition) is 2. The zero-order valence-corrected chi connectivity index (χ0v) is 7.02. The summed E-state index contributed by atoms with van der Waals surface area (Å²) in [6, 6.07) is -1.00. The van der Waals surface area contributed by atoms with Gasteiger partial charge < -0.3 is 0 Å². The van der Waals surface area contributed by atoms with Gasteiger partial charge in [-0.25, -0.2) is 13.8 Å². The molecule has 1 atom stereocenters. The van der Waals surface area contributed by atoms with Crippen LogP contribution in [0.25, 0.3) is 0 Å². The van der Waals surface area contributed by atoms with Gasteiger partial charge in [-0.2, -0.15) is 0 Å². The smallest absolute Gasteiger partial charge is 0.255 e. The molecule has 1 heterocycles. The van der Waals surface area contributed by atoms with Crippen molar-refractivity contribution in [2.75, 3.05) is 0 Å². The normalized spacial score (nSPS) is 13.7. The molecule has 0 radical (unpaired) electrons. The second-order valence-corrected chi connectivity index (χ2v) is 3.22. The highest BCUT2D eigenvalue weighted by Crippen LogP contribution is 2.10. The number of alkyl halides is 2. The molecule has 0 aliphatic heterocycles. The number of halogens is 2. The first-order valence-electron chi connectivity index (χ1n) is 3.36. The second kappa shape index (κ2) is 4.44. The van der Waals surface area contributed by atoms with E-state index in [2.05, 4.69) is 10.4 Å². The molecule has 12 heavy (non-hydrogen) atoms. The van der Waals surface area contributed by atoms with Gasteiger partial charge in [0.25, 0.3) is 6.43 Å². The van der Waals surface area contributed by atoms with Crippen LogP contribution >= 0.6 is 11.3 Å². The summed E-state index contributed by atoms with van der Waals surface area (Å²) < 4.78 is 24.3. The minimum Gasteiger partial charge on any atom is -0.271 e. The average Bonchev–Trinajstić information content (AvgIpc) is 2.51. The monoisotopic (exact) mass is 193 g/mol. The van der Waals surface area contributed by atoms with Gasteiger partial charge in [0.2, 0.25) is 0 Å². The fourth-order valence-corrected chi connectivity index (χ4v) is 1.44. The van der Waals surface area contributed by atoms with E-state index >= 15 is 0 Å². The van der Waals surface area contributed by atoms with Crippen molar-refractivity contribution in [3.63, 3.8) is 0 Å². The van der Waals surface area contributed by atoms with E-state index in [1.165, 1.54) is 11.3 Å². The first kappa shape index (κ1) is 9.50. The van der Waals surface area contributed by atoms with Crippen LogP contribution in [0.3, 0.4) is 0 Å². The third-order valence-electron chi connectivity index (χ3n) is 1.40. The fraction of sp³-hybridized carbons (Fsp3) is 0.500. The van der Waals surface area contributed by atoms with Crippen molar-refractivity contribution in [1.82, 2.24) is 10.4 Å². The molecule has 0 saturated heterocycles. The van der Waals surface area contributed by atoms with E-state index in [9.17, 15) is 8.78 Å². The van der Waals surface area contributed by atoms with E-state index in [1.807, 2.05) is 0 Å². The number of hydrazine groups is 1. The molecule has 3 N–H and O–H groups in total. The summed E-state index contributed by atoms with van der Waals surface area (Å²) in [4.78, 5) is 3.88. The molecule has 1 aromatic rings. The third kappa shape index (κ3) is 2.47. The minimum absolute atomic E-state index is 0.172. The van der Waals surface area contributed by atoms with E-state index in [0.717, 1.165) is 0 Å². The van der Waals surface area contributed by atoms with Gasteiger partial charge in [0, 0.05) is 18.0 Å². The van der Waals surface area contributed by atoms with Crippen LogP contribution in [0.15, 0.2) is 11.6 Å². The van der Waals surface area contributed by atoms with Gasteiger partial charge in [-0.1, -0.05) is 0 Å². The summed E-state index contributed by atoms with van der Waals surface area (Å²) >= 11 is 1.34. The van der Waals surface area contributed by atoms with Crippen molar-refractivity contribution >= 4 is 11.3 Å². The maximum absolute atomic E-state index is 12.1. The topological polar surface area (TPSA) is 50.9 Å². The molecular weight excluding hydrogens is 184 g/mol. The highest BCUT2D eigenvalue weighted by Gasteiger charge is 2.19. The zero-order valence-electron chi connectivity index (χ0n) is 6.21. The van der Waals surface area contributed by atoms with E-state index < -0.39 is 12.5 Å². The van der Waals surface area contributed by atoms with E-state index in [4.69, 9.17) is 5.84 Å². The van der Waals surface area contributed by atoms with Crippen LogP contribution in [-0.2, 0) is 6.42 Å². The molecule has 0 fully saturated rings. The lowest BCUT2D eigenvalue weighted by atomic mass is 10.2. The Hall–Kier alpha value is -0.590. The standard InChI is InChI=1S/C6H9F2N3S/c7-6(8)4(11-9)3-5-10-1-2-12-5/h1-2,4,6,11H,3,9H2. The Kier molecular flexibility index (Phi) is 3.51. The van der Waals surface area contributed by atoms with Crippen LogP contribution in [0, 0.1) is 0 Å². The average molecular weight is 193 g/mol. The fourth-order valence-electron chi connectivity index (χ4n) is 0.763. The Morgan fingerprint density at radius 2 is 2.42 bits per heavy atom. The lowest BCUT2D eigenvalue weighted by molar-refractivity contribution is 0.0984. The number of thiazole rings is 1. The predicted octanol–water partition coefficient (Wildman–Crippen LogP) is 0.783. The van der Waals surface area contributed by atoms with Crippen molar-refractivity contribution in [3.8, 4) is 0 Å². The Labute approximate surface area is 72.6 Å². The molecule has 1 rings (SSSR count). The molecule has 0 saturated carbocycles. The summed E-state index contributed by atoms with van der Waals surface area (Å²) in [6.07, 6.45) is -0.705. The minimum atomic E-state index is -2.46. The van der Waals surface area contributed by atoms with Gasteiger partial charge >= 0.3 is 0 Å². The van der Waals surface area contributed by atoms with E-state index in [0.29, 0.717) is 5.01 Å². The lowest BCUT2D eigenvalue weighted by Crippen LogP contribution is -2.42. The Morgan fingerprint density at radius 1 is 1.67 bits per heavy atom. The van der Waals surface area contributed by atoms with Crippen LogP contribution in [0.1, 0.15) is 5.01 Å². The Morgan fingerprint density at radius 3 is 2.83 bits per heavy atom. The molecule has 0 amide bonds. The van der Waals surface area contributed by atoms with Gasteiger partial charge in [0.1, 0.15) is 0 Å². The van der Waals surface area contributed by atoms with Crippen molar-refractivity contribution in [2.24, 2.45) is 5.84 Å². The van der Waals surface area contributed by atoms with Crippen LogP contribution in [0.2, 0.25) is 0 Å². The van der Waals surface area contributed by atoms with E-state index in [-0.39, 0.29) is 6.42 Å². The predicted molar refractivity (Wildman–Crippen MR) is 42.9 cm³/mol. The van der Waals surface area contributed by atoms with E-state index in [1.54, 1.807) is 11.6 Å². The molecule has 3 nitrogen and oxygen atoms in total. The quantitative estimate of drug-likeness (QED) is 0.549. The number of hydrogen-bond acceptors (Lipinski definition) is 4. The summed E-state index contributed by atoms with van der Waals surface area (Å²) in [7, 11) is 0. The van der Waals surface area contributed by atoms with Crippen molar-refractivity contribution in [3.05, 3.63) is 16.6 Å². The van der Waals surface area contributed by atoms with Gasteiger partial charge in [0.15, 0.2) is 0 Å². The number of nitrogens with zero attached hydrogens (tertiary/aromatic N) is 1. The molecule has 0 aliphatic carbocycles. The lowest BCUT2D eigenvalue weighted by Gasteiger charge is -2.12. The maximum Gasteiger partial charge on any atom is 0.255 e. The molecular formula is C6H9F2N3S. The summed E-state index contributed by atoms with van der Waals surface area (Å²) in [5.41, 5.74) is 2.06. The highest BCUT2D eigenvalue weighted by atomic mass is 32.1. The van der Waals surface area contributed by atoms with Crippen LogP contribution < -0.4 is 11.3 Å². The van der Waals surface area contributed by atoms with Crippen LogP contribution in [0.4, 0.5) is 8.78 Å². The maximum atomic E-state index is 12.1. The molecule has 68 valence electrons. The SMILES string of the molecule is NNC(Cc1nccs1)C(F)F. The third-order valence-corrected chi connectivity index (χ3v) is 2.20. The summed E-state index contributed by atoms with van der Waals surface area (Å²) in [5.74, 6) is 4.94. The van der Waals surface area contributed by atoms with Gasteiger partial charge in [-0.15, -0.1) is 11.3 Å². The molecule has 0 aromatic carbocycles. The molecule has 0 bridgehead atoms. The largest absolute Gasteiger partial charge is 0.271 e. The molecule has 1 aromatic heterocycles. The zero-order chi connectivity index (χ0) is 8.97. The van der Waals surface area contributed by atoms with Gasteiger partial charge in [-0.3, -0.25) is 11.3 Å². The van der Waals surface area contributed by atoms with Gasteiger partial charge in [0.05, 0.1) is 11.0 Å². The van der Waals surface area contributed by atoms with Crippen molar-refractivity contribution in [2.45, 2.75) is 18.9 Å². The first-order valence-corrected chi connectivity index (χ1v) is 4.24. The first-order chi connectivity index (χ1) is 5.74. The number of nitrogens with one attached hydrogen (secondary N) is 1. The molecule has 0 aliphatic rings. The number of aromatic nitrogens is 1. The highest BCUT2D eigenvalue weighted by molar-refractivity contribution is 7.09. The molecule has 1 unspecified atom stereocenters.